The Morgan fingerprint density at radius 1 is 1.64 bits per heavy atom. The lowest BCUT2D eigenvalue weighted by Gasteiger charge is -1.98. The second-order valence-electron chi connectivity index (χ2n) is 4.29. The van der Waals surface area contributed by atoms with Gasteiger partial charge in [0.15, 0.2) is 0 Å². The number of hydrogen-bond acceptors (Lipinski definition) is 3. The monoisotopic (exact) mass is 275 g/mol. The van der Waals surface area contributed by atoms with Gasteiger partial charge in [-0.05, 0) is 11.3 Å². The first kappa shape index (κ1) is 10.4. The van der Waals surface area contributed by atoms with Gasteiger partial charge in [0.25, 0.3) is 5.19 Å². The molecule has 0 aromatic carbocycles. The number of hydrogen-bond donors (Lipinski definition) is 0. The van der Waals surface area contributed by atoms with Crippen LogP contribution in [0.15, 0.2) is 6.20 Å². The molecule has 1 aromatic rings. The van der Waals surface area contributed by atoms with Gasteiger partial charge in [-0.25, -0.2) is 4.98 Å². The Morgan fingerprint density at radius 2 is 2.36 bits per heavy atom. The number of ether oxygens (including phenoxy) is 1. The molecule has 2 atom stereocenters. The maximum atomic E-state index is 5.11. The summed E-state index contributed by atoms with van der Waals surface area (Å²) in [6, 6.07) is 0. The Hall–Kier alpha value is -0.0900. The first-order valence-corrected chi connectivity index (χ1v) is 6.60. The Morgan fingerprint density at radius 3 is 2.79 bits per heavy atom. The molecule has 2 nitrogen and oxygen atoms in total. The van der Waals surface area contributed by atoms with Crippen molar-refractivity contribution in [1.82, 2.24) is 4.98 Å². The molecule has 2 rings (SSSR count). The molecule has 0 aliphatic heterocycles. The molecule has 1 aromatic heterocycles. The van der Waals surface area contributed by atoms with E-state index in [0.29, 0.717) is 11.3 Å². The largest absolute Gasteiger partial charge is 0.473 e. The summed E-state index contributed by atoms with van der Waals surface area (Å²) in [5.74, 6) is 1.40. The van der Waals surface area contributed by atoms with Crippen molar-refractivity contribution in [2.24, 2.45) is 11.3 Å². The first-order chi connectivity index (χ1) is 6.61. The maximum absolute atomic E-state index is 5.11. The zero-order valence-corrected chi connectivity index (χ0v) is 11.0. The summed E-state index contributed by atoms with van der Waals surface area (Å²) in [5, 5.41) is 1.85. The smallest absolute Gasteiger partial charge is 0.273 e. The van der Waals surface area contributed by atoms with E-state index in [1.54, 1.807) is 18.4 Å². The fourth-order valence-electron chi connectivity index (χ4n) is 2.10. The van der Waals surface area contributed by atoms with E-state index in [4.69, 9.17) is 4.74 Å². The molecule has 0 radical (unpaired) electrons. The van der Waals surface area contributed by atoms with Gasteiger partial charge < -0.3 is 4.74 Å². The lowest BCUT2D eigenvalue weighted by Crippen LogP contribution is -1.89. The van der Waals surface area contributed by atoms with E-state index >= 15 is 0 Å². The van der Waals surface area contributed by atoms with E-state index in [0.717, 1.165) is 16.4 Å². The van der Waals surface area contributed by atoms with Gasteiger partial charge in [-0.3, -0.25) is 0 Å². The second-order valence-corrected chi connectivity index (χ2v) is 5.96. The summed E-state index contributed by atoms with van der Waals surface area (Å²) in [7, 11) is 1.67. The molecule has 0 amide bonds. The van der Waals surface area contributed by atoms with E-state index in [1.165, 1.54) is 4.88 Å². The lowest BCUT2D eigenvalue weighted by atomic mass is 10.1. The fourth-order valence-corrected chi connectivity index (χ4v) is 4.40. The third-order valence-corrected chi connectivity index (χ3v) is 4.94. The Kier molecular flexibility index (Phi) is 2.60. The Balaban J connectivity index is 2.18. The average molecular weight is 276 g/mol. The van der Waals surface area contributed by atoms with Crippen LogP contribution in [-0.4, -0.2) is 17.4 Å². The van der Waals surface area contributed by atoms with Gasteiger partial charge in [-0.1, -0.05) is 41.1 Å². The molecule has 78 valence electrons. The molecule has 0 spiro atoms. The van der Waals surface area contributed by atoms with Crippen LogP contribution < -0.4 is 4.74 Å². The number of rotatable bonds is 3. The minimum absolute atomic E-state index is 0.418. The number of halogens is 1. The van der Waals surface area contributed by atoms with Crippen molar-refractivity contribution in [3.8, 4) is 5.19 Å². The number of alkyl halides is 1. The molecule has 14 heavy (non-hydrogen) atoms. The van der Waals surface area contributed by atoms with Gasteiger partial charge >= 0.3 is 0 Å². The molecule has 0 N–H and O–H groups in total. The van der Waals surface area contributed by atoms with Crippen LogP contribution in [0.4, 0.5) is 0 Å². The van der Waals surface area contributed by atoms with Crippen molar-refractivity contribution < 1.29 is 4.74 Å². The number of nitrogens with zero attached hydrogens (tertiary/aromatic N) is 1. The molecule has 1 fully saturated rings. The molecule has 1 aliphatic carbocycles. The number of methoxy groups -OCH3 is 1. The van der Waals surface area contributed by atoms with Gasteiger partial charge in [0.05, 0.1) is 7.11 Å². The predicted octanol–water partition coefficient (Wildman–Crippen LogP) is 3.29. The van der Waals surface area contributed by atoms with Crippen LogP contribution >= 0.6 is 27.3 Å². The van der Waals surface area contributed by atoms with Gasteiger partial charge in [0.1, 0.15) is 0 Å². The van der Waals surface area contributed by atoms with Gasteiger partial charge in [0.2, 0.25) is 0 Å². The zero-order chi connectivity index (χ0) is 10.3. The zero-order valence-electron chi connectivity index (χ0n) is 8.58. The lowest BCUT2D eigenvalue weighted by molar-refractivity contribution is 0.412. The fraction of sp³-hybridized carbons (Fsp3) is 0.700. The number of aromatic nitrogens is 1. The SMILES string of the molecule is COc1ncc(C2C(CBr)C2(C)C)s1. The van der Waals surface area contributed by atoms with Crippen LogP contribution in [0.25, 0.3) is 0 Å². The van der Waals surface area contributed by atoms with Crippen molar-refractivity contribution in [2.45, 2.75) is 19.8 Å². The van der Waals surface area contributed by atoms with E-state index in [9.17, 15) is 0 Å². The maximum Gasteiger partial charge on any atom is 0.273 e. The summed E-state index contributed by atoms with van der Waals surface area (Å²) >= 11 is 5.24. The van der Waals surface area contributed by atoms with Crippen molar-refractivity contribution in [3.05, 3.63) is 11.1 Å². The summed E-state index contributed by atoms with van der Waals surface area (Å²) in [5.41, 5.74) is 0.418. The van der Waals surface area contributed by atoms with Crippen molar-refractivity contribution in [3.63, 3.8) is 0 Å². The first-order valence-electron chi connectivity index (χ1n) is 4.67. The third kappa shape index (κ3) is 1.48. The highest BCUT2D eigenvalue weighted by Crippen LogP contribution is 2.65. The van der Waals surface area contributed by atoms with E-state index in [1.807, 2.05) is 6.20 Å². The summed E-state index contributed by atoms with van der Waals surface area (Å²) in [6.07, 6.45) is 1.96. The van der Waals surface area contributed by atoms with Crippen LogP contribution in [0, 0.1) is 11.3 Å². The van der Waals surface area contributed by atoms with Crippen molar-refractivity contribution in [2.75, 3.05) is 12.4 Å². The average Bonchev–Trinajstić information content (AvgIpc) is 2.55. The van der Waals surface area contributed by atoms with Gasteiger partial charge in [0, 0.05) is 22.3 Å². The van der Waals surface area contributed by atoms with Crippen molar-refractivity contribution in [1.29, 1.82) is 0 Å². The highest BCUT2D eigenvalue weighted by atomic mass is 79.9. The van der Waals surface area contributed by atoms with Crippen LogP contribution in [0.1, 0.15) is 24.6 Å². The molecule has 1 saturated carbocycles. The molecule has 0 saturated heterocycles. The summed E-state index contributed by atoms with van der Waals surface area (Å²) < 4.78 is 5.11. The second kappa shape index (κ2) is 3.49. The van der Waals surface area contributed by atoms with Crippen LogP contribution in [0.5, 0.6) is 5.19 Å². The van der Waals surface area contributed by atoms with E-state index in [2.05, 4.69) is 34.8 Å². The van der Waals surface area contributed by atoms with E-state index < -0.39 is 0 Å². The highest BCUT2D eigenvalue weighted by molar-refractivity contribution is 9.09. The number of thiazole rings is 1. The Labute approximate surface area is 96.8 Å². The van der Waals surface area contributed by atoms with Crippen molar-refractivity contribution >= 4 is 27.3 Å². The topological polar surface area (TPSA) is 22.1 Å². The molecular formula is C10H14BrNOS. The highest BCUT2D eigenvalue weighted by Gasteiger charge is 2.58. The minimum atomic E-state index is 0.418. The van der Waals surface area contributed by atoms with Gasteiger partial charge in [-0.15, -0.1) is 0 Å². The van der Waals surface area contributed by atoms with Crippen LogP contribution in [0.3, 0.4) is 0 Å². The van der Waals surface area contributed by atoms with Gasteiger partial charge in [-0.2, -0.15) is 0 Å². The summed E-state index contributed by atoms with van der Waals surface area (Å²) in [6.45, 7) is 4.63. The predicted molar refractivity (Wildman–Crippen MR) is 62.5 cm³/mol. The van der Waals surface area contributed by atoms with Crippen LogP contribution in [-0.2, 0) is 0 Å². The molecule has 0 bridgehead atoms. The standard InChI is InChI=1S/C10H14BrNOS/c1-10(2)6(4-11)8(10)7-5-12-9(13-3)14-7/h5-6,8H,4H2,1-3H3. The summed E-state index contributed by atoms with van der Waals surface area (Å²) in [4.78, 5) is 5.57. The molecule has 2 unspecified atom stereocenters. The Bertz CT molecular complexity index is 337. The minimum Gasteiger partial charge on any atom is -0.473 e. The van der Waals surface area contributed by atoms with Crippen LogP contribution in [0.2, 0.25) is 0 Å². The van der Waals surface area contributed by atoms with E-state index in [-0.39, 0.29) is 0 Å². The molecule has 1 aliphatic rings. The third-order valence-electron chi connectivity index (χ3n) is 3.20. The molecular weight excluding hydrogens is 262 g/mol. The normalized spacial score (nSPS) is 28.9. The quantitative estimate of drug-likeness (QED) is 0.790. The molecule has 4 heteroatoms. The molecule has 1 heterocycles.